The van der Waals surface area contributed by atoms with Crippen molar-refractivity contribution in [3.05, 3.63) is 0 Å². The monoisotopic (exact) mass is 230 g/mol. The van der Waals surface area contributed by atoms with Crippen molar-refractivity contribution in [1.82, 2.24) is 0 Å². The maximum absolute atomic E-state index is 11.6. The van der Waals surface area contributed by atoms with Crippen LogP contribution in [0.1, 0.15) is 39.0 Å². The number of aliphatic hydroxyl groups is 1. The van der Waals surface area contributed by atoms with Gasteiger partial charge in [0.05, 0.1) is 25.2 Å². The highest BCUT2D eigenvalue weighted by Gasteiger charge is 2.35. The average Bonchev–Trinajstić information content (AvgIpc) is 2.82. The van der Waals surface area contributed by atoms with Gasteiger partial charge in [-0.3, -0.25) is 4.79 Å². The number of ether oxygens (including phenoxy) is 2. The number of unbranched alkanes of at least 4 members (excludes halogenated alkanes) is 1. The van der Waals surface area contributed by atoms with Crippen LogP contribution in [0.15, 0.2) is 0 Å². The van der Waals surface area contributed by atoms with Gasteiger partial charge in [-0.2, -0.15) is 0 Å². The maximum Gasteiger partial charge on any atom is 0.311 e. The molecular formula is C12H22O4. The van der Waals surface area contributed by atoms with Gasteiger partial charge in [-0.1, -0.05) is 19.8 Å². The summed E-state index contributed by atoms with van der Waals surface area (Å²) in [6.07, 6.45) is 3.48. The first-order valence-corrected chi connectivity index (χ1v) is 6.08. The number of rotatable bonds is 6. The minimum atomic E-state index is -0.721. The Morgan fingerprint density at radius 3 is 2.88 bits per heavy atom. The van der Waals surface area contributed by atoms with E-state index < -0.39 is 12.0 Å². The van der Waals surface area contributed by atoms with Crippen LogP contribution in [0, 0.1) is 5.92 Å². The van der Waals surface area contributed by atoms with Crippen LogP contribution >= 0.6 is 0 Å². The molecule has 1 aliphatic heterocycles. The fourth-order valence-corrected chi connectivity index (χ4v) is 2.13. The van der Waals surface area contributed by atoms with Gasteiger partial charge in [-0.15, -0.1) is 0 Å². The van der Waals surface area contributed by atoms with Gasteiger partial charge < -0.3 is 14.6 Å². The number of hydrogen-bond acceptors (Lipinski definition) is 4. The predicted octanol–water partition coefficient (Wildman–Crippen LogP) is 1.51. The molecule has 94 valence electrons. The molecule has 1 N–H and O–H groups in total. The minimum Gasteiger partial charge on any atom is -0.469 e. The van der Waals surface area contributed by atoms with Gasteiger partial charge in [0.25, 0.3) is 0 Å². The zero-order valence-corrected chi connectivity index (χ0v) is 10.1. The number of carbonyl (C=O) groups excluding carboxylic acids is 1. The van der Waals surface area contributed by atoms with Gasteiger partial charge >= 0.3 is 5.97 Å². The van der Waals surface area contributed by atoms with E-state index in [1.807, 2.05) is 0 Å². The lowest BCUT2D eigenvalue weighted by Gasteiger charge is -2.24. The second kappa shape index (κ2) is 6.86. The summed E-state index contributed by atoms with van der Waals surface area (Å²) in [5.41, 5.74) is 0. The van der Waals surface area contributed by atoms with Crippen LogP contribution in [0.25, 0.3) is 0 Å². The summed E-state index contributed by atoms with van der Waals surface area (Å²) in [4.78, 5) is 11.6. The van der Waals surface area contributed by atoms with E-state index in [1.165, 1.54) is 7.11 Å². The molecule has 1 saturated heterocycles. The Bertz CT molecular complexity index is 211. The number of carbonyl (C=O) groups is 1. The van der Waals surface area contributed by atoms with Crippen molar-refractivity contribution in [3.8, 4) is 0 Å². The summed E-state index contributed by atoms with van der Waals surface area (Å²) in [6.45, 7) is 2.75. The van der Waals surface area contributed by atoms with E-state index in [4.69, 9.17) is 9.47 Å². The Morgan fingerprint density at radius 2 is 2.38 bits per heavy atom. The lowest BCUT2D eigenvalue weighted by atomic mass is 9.91. The van der Waals surface area contributed by atoms with Crippen molar-refractivity contribution in [2.24, 2.45) is 5.92 Å². The van der Waals surface area contributed by atoms with Gasteiger partial charge in [-0.25, -0.2) is 0 Å². The zero-order valence-electron chi connectivity index (χ0n) is 10.1. The normalized spacial score (nSPS) is 24.1. The molecule has 3 atom stereocenters. The highest BCUT2D eigenvalue weighted by atomic mass is 16.5. The largest absolute Gasteiger partial charge is 0.469 e. The third-order valence-electron chi connectivity index (χ3n) is 3.13. The van der Waals surface area contributed by atoms with E-state index in [-0.39, 0.29) is 12.1 Å². The molecule has 1 fully saturated rings. The molecule has 1 aliphatic rings. The van der Waals surface area contributed by atoms with Crippen LogP contribution in [0.4, 0.5) is 0 Å². The average molecular weight is 230 g/mol. The zero-order chi connectivity index (χ0) is 12.0. The van der Waals surface area contributed by atoms with Crippen LogP contribution in [0.5, 0.6) is 0 Å². The molecule has 0 amide bonds. The Balaban J connectivity index is 2.55. The van der Waals surface area contributed by atoms with Crippen molar-refractivity contribution in [3.63, 3.8) is 0 Å². The summed E-state index contributed by atoms with van der Waals surface area (Å²) in [6, 6.07) is 0. The minimum absolute atomic E-state index is 0.194. The van der Waals surface area contributed by atoms with E-state index in [0.29, 0.717) is 13.0 Å². The second-order valence-corrected chi connectivity index (χ2v) is 4.31. The van der Waals surface area contributed by atoms with Crippen molar-refractivity contribution in [2.45, 2.75) is 51.2 Å². The third kappa shape index (κ3) is 3.46. The first-order chi connectivity index (χ1) is 7.70. The van der Waals surface area contributed by atoms with Crippen molar-refractivity contribution >= 4 is 5.97 Å². The third-order valence-corrected chi connectivity index (χ3v) is 3.13. The molecule has 0 aliphatic carbocycles. The second-order valence-electron chi connectivity index (χ2n) is 4.31. The number of hydrogen-bond donors (Lipinski definition) is 1. The molecule has 0 aromatic rings. The summed E-state index contributed by atoms with van der Waals surface area (Å²) in [5.74, 6) is -0.760. The summed E-state index contributed by atoms with van der Waals surface area (Å²) in [7, 11) is 1.36. The Kier molecular flexibility index (Phi) is 5.77. The molecule has 0 saturated carbocycles. The molecule has 0 bridgehead atoms. The first kappa shape index (κ1) is 13.5. The topological polar surface area (TPSA) is 55.8 Å². The highest BCUT2D eigenvalue weighted by molar-refractivity contribution is 5.73. The number of esters is 1. The van der Waals surface area contributed by atoms with Gasteiger partial charge in [0, 0.05) is 6.61 Å². The molecule has 16 heavy (non-hydrogen) atoms. The van der Waals surface area contributed by atoms with Gasteiger partial charge in [0.1, 0.15) is 0 Å². The van der Waals surface area contributed by atoms with Crippen LogP contribution in [-0.2, 0) is 14.3 Å². The van der Waals surface area contributed by atoms with Gasteiger partial charge in [0.15, 0.2) is 0 Å². The molecule has 0 spiro atoms. The lowest BCUT2D eigenvalue weighted by molar-refractivity contribution is -0.153. The smallest absolute Gasteiger partial charge is 0.311 e. The molecule has 0 aromatic heterocycles. The number of methoxy groups -OCH3 is 1. The predicted molar refractivity (Wildman–Crippen MR) is 60.0 cm³/mol. The quantitative estimate of drug-likeness (QED) is 0.703. The molecule has 4 nitrogen and oxygen atoms in total. The molecule has 0 aromatic carbocycles. The molecule has 1 heterocycles. The van der Waals surface area contributed by atoms with E-state index in [2.05, 4.69) is 6.92 Å². The molecule has 0 radical (unpaired) electrons. The molecule has 4 heteroatoms. The molecule has 3 unspecified atom stereocenters. The summed E-state index contributed by atoms with van der Waals surface area (Å²) < 4.78 is 10.1. The SMILES string of the molecule is CCCCC(C(=O)OC)C(O)C1CCCO1. The van der Waals surface area contributed by atoms with Gasteiger partial charge in [-0.05, 0) is 19.3 Å². The van der Waals surface area contributed by atoms with E-state index in [0.717, 1.165) is 25.7 Å². The van der Waals surface area contributed by atoms with E-state index in [1.54, 1.807) is 0 Å². The highest BCUT2D eigenvalue weighted by Crippen LogP contribution is 2.24. The van der Waals surface area contributed by atoms with Crippen LogP contribution in [0.3, 0.4) is 0 Å². The van der Waals surface area contributed by atoms with Crippen molar-refractivity contribution in [2.75, 3.05) is 13.7 Å². The van der Waals surface area contributed by atoms with Gasteiger partial charge in [0.2, 0.25) is 0 Å². The van der Waals surface area contributed by atoms with Crippen molar-refractivity contribution in [1.29, 1.82) is 0 Å². The molecule has 1 rings (SSSR count). The van der Waals surface area contributed by atoms with E-state index in [9.17, 15) is 9.90 Å². The molecular weight excluding hydrogens is 208 g/mol. The fourth-order valence-electron chi connectivity index (χ4n) is 2.13. The summed E-state index contributed by atoms with van der Waals surface area (Å²) in [5, 5.41) is 10.1. The fraction of sp³-hybridized carbons (Fsp3) is 0.917. The Morgan fingerprint density at radius 1 is 1.62 bits per heavy atom. The first-order valence-electron chi connectivity index (χ1n) is 6.08. The maximum atomic E-state index is 11.6. The van der Waals surface area contributed by atoms with E-state index >= 15 is 0 Å². The van der Waals surface area contributed by atoms with Crippen LogP contribution in [-0.4, -0.2) is 37.0 Å². The van der Waals surface area contributed by atoms with Crippen molar-refractivity contribution < 1.29 is 19.4 Å². The Hall–Kier alpha value is -0.610. The number of aliphatic hydroxyl groups excluding tert-OH is 1. The lowest BCUT2D eigenvalue weighted by Crippen LogP contribution is -2.38. The standard InChI is InChI=1S/C12H22O4/c1-3-4-6-9(12(14)15-2)11(13)10-7-5-8-16-10/h9-11,13H,3-8H2,1-2H3. The Labute approximate surface area is 96.9 Å². The van der Waals surface area contributed by atoms with Crippen LogP contribution in [0.2, 0.25) is 0 Å². The summed E-state index contributed by atoms with van der Waals surface area (Å²) >= 11 is 0. The van der Waals surface area contributed by atoms with Crippen LogP contribution < -0.4 is 0 Å².